The normalized spacial score (nSPS) is 12.7. The van der Waals surface area contributed by atoms with Crippen LogP contribution in [0, 0.1) is 19.8 Å². The maximum absolute atomic E-state index is 12.0. The summed E-state index contributed by atoms with van der Waals surface area (Å²) in [5.41, 5.74) is 8.00. The summed E-state index contributed by atoms with van der Waals surface area (Å²) in [6, 6.07) is 0.148. The van der Waals surface area contributed by atoms with Crippen molar-refractivity contribution in [3.8, 4) is 0 Å². The van der Waals surface area contributed by atoms with Crippen LogP contribution in [0.3, 0.4) is 0 Å². The Balaban J connectivity index is 2.30. The number of hydrogen-bond donors (Lipinski definition) is 1. The molecule has 0 radical (unpaired) electrons. The van der Waals surface area contributed by atoms with E-state index in [1.165, 1.54) is 0 Å². The zero-order valence-electron chi connectivity index (χ0n) is 13.7. The monoisotopic (exact) mass is 313 g/mol. The Morgan fingerprint density at radius 3 is 2.62 bits per heavy atom. The summed E-state index contributed by atoms with van der Waals surface area (Å²) in [6.07, 6.45) is 0.842. The molecule has 1 aromatic heterocycles. The number of hydrogen-bond acceptors (Lipinski definition) is 5. The van der Waals surface area contributed by atoms with E-state index in [1.807, 2.05) is 20.9 Å². The van der Waals surface area contributed by atoms with Crippen LogP contribution in [0.5, 0.6) is 0 Å². The third kappa shape index (κ3) is 5.71. The standard InChI is InChI=1S/C15H27N3O2S/c1-10(2)14(16)6-7-18(5)15(19)9-21-8-13-11(3)17-20-12(13)4/h10,14H,6-9,16H2,1-5H3. The second-order valence-corrected chi connectivity index (χ2v) is 6.79. The topological polar surface area (TPSA) is 72.4 Å². The van der Waals surface area contributed by atoms with Gasteiger partial charge in [0.2, 0.25) is 5.91 Å². The Labute approximate surface area is 131 Å². The van der Waals surface area contributed by atoms with Crippen molar-refractivity contribution in [3.05, 3.63) is 17.0 Å². The molecule has 1 heterocycles. The van der Waals surface area contributed by atoms with Gasteiger partial charge in [0.05, 0.1) is 11.4 Å². The Morgan fingerprint density at radius 1 is 1.43 bits per heavy atom. The molecule has 5 nitrogen and oxygen atoms in total. The van der Waals surface area contributed by atoms with Gasteiger partial charge in [-0.2, -0.15) is 0 Å². The fourth-order valence-electron chi connectivity index (χ4n) is 1.86. The molecule has 0 aliphatic rings. The molecule has 0 saturated carbocycles. The molecule has 6 heteroatoms. The van der Waals surface area contributed by atoms with Crippen molar-refractivity contribution in [2.75, 3.05) is 19.3 Å². The summed E-state index contributed by atoms with van der Waals surface area (Å²) in [5, 5.41) is 3.92. The number of aryl methyl sites for hydroxylation is 2. The maximum Gasteiger partial charge on any atom is 0.232 e. The molecule has 1 aromatic rings. The third-order valence-corrected chi connectivity index (χ3v) is 4.68. The molecule has 120 valence electrons. The molecule has 0 aliphatic heterocycles. The summed E-state index contributed by atoms with van der Waals surface area (Å²) in [4.78, 5) is 13.8. The minimum Gasteiger partial charge on any atom is -0.361 e. The molecular formula is C15H27N3O2S. The van der Waals surface area contributed by atoms with Crippen LogP contribution in [0.15, 0.2) is 4.52 Å². The first-order valence-electron chi connectivity index (χ1n) is 7.32. The first-order valence-corrected chi connectivity index (χ1v) is 8.47. The van der Waals surface area contributed by atoms with Crippen LogP contribution in [-0.2, 0) is 10.5 Å². The van der Waals surface area contributed by atoms with E-state index in [0.717, 1.165) is 29.2 Å². The summed E-state index contributed by atoms with van der Waals surface area (Å²) in [7, 11) is 1.84. The van der Waals surface area contributed by atoms with E-state index in [4.69, 9.17) is 10.3 Å². The number of thioether (sulfide) groups is 1. The summed E-state index contributed by atoms with van der Waals surface area (Å²) < 4.78 is 5.11. The molecule has 1 atom stereocenters. The van der Waals surface area contributed by atoms with Crippen LogP contribution in [0.25, 0.3) is 0 Å². The van der Waals surface area contributed by atoms with Gasteiger partial charge in [-0.05, 0) is 26.2 Å². The van der Waals surface area contributed by atoms with Gasteiger partial charge in [-0.25, -0.2) is 0 Å². The SMILES string of the molecule is Cc1noc(C)c1CSCC(=O)N(C)CCC(N)C(C)C. The number of nitrogens with two attached hydrogens (primary N) is 1. The molecule has 0 aliphatic carbocycles. The Bertz CT molecular complexity index is 440. The number of rotatable bonds is 8. The molecule has 0 fully saturated rings. The fourth-order valence-corrected chi connectivity index (χ4v) is 2.97. The van der Waals surface area contributed by atoms with Gasteiger partial charge >= 0.3 is 0 Å². The summed E-state index contributed by atoms with van der Waals surface area (Å²) in [6.45, 7) is 8.74. The van der Waals surface area contributed by atoms with E-state index in [9.17, 15) is 4.79 Å². The average molecular weight is 313 g/mol. The van der Waals surface area contributed by atoms with E-state index < -0.39 is 0 Å². The van der Waals surface area contributed by atoms with Crippen LogP contribution in [0.4, 0.5) is 0 Å². The van der Waals surface area contributed by atoms with E-state index in [2.05, 4.69) is 19.0 Å². The van der Waals surface area contributed by atoms with E-state index >= 15 is 0 Å². The zero-order chi connectivity index (χ0) is 16.0. The molecule has 1 amide bonds. The Morgan fingerprint density at radius 2 is 2.10 bits per heavy atom. The van der Waals surface area contributed by atoms with Gasteiger partial charge in [0.25, 0.3) is 0 Å². The van der Waals surface area contributed by atoms with Crippen molar-refractivity contribution in [3.63, 3.8) is 0 Å². The van der Waals surface area contributed by atoms with Gasteiger partial charge in [-0.1, -0.05) is 19.0 Å². The molecule has 1 unspecified atom stereocenters. The van der Waals surface area contributed by atoms with Crippen molar-refractivity contribution >= 4 is 17.7 Å². The number of nitrogens with zero attached hydrogens (tertiary/aromatic N) is 2. The van der Waals surface area contributed by atoms with Gasteiger partial charge < -0.3 is 15.2 Å². The highest BCUT2D eigenvalue weighted by atomic mass is 32.2. The van der Waals surface area contributed by atoms with Crippen molar-refractivity contribution in [1.82, 2.24) is 10.1 Å². The van der Waals surface area contributed by atoms with Crippen LogP contribution < -0.4 is 5.73 Å². The predicted molar refractivity (Wildman–Crippen MR) is 87.2 cm³/mol. The second kappa shape index (κ2) is 8.44. The average Bonchev–Trinajstić information content (AvgIpc) is 2.75. The minimum absolute atomic E-state index is 0.141. The number of aromatic nitrogens is 1. The zero-order valence-corrected chi connectivity index (χ0v) is 14.5. The number of amides is 1. The van der Waals surface area contributed by atoms with Crippen molar-refractivity contribution in [1.29, 1.82) is 0 Å². The lowest BCUT2D eigenvalue weighted by Crippen LogP contribution is -2.35. The third-order valence-electron chi connectivity index (χ3n) is 3.73. The van der Waals surface area contributed by atoms with Crippen molar-refractivity contribution < 1.29 is 9.32 Å². The Kier molecular flexibility index (Phi) is 7.25. The van der Waals surface area contributed by atoms with Crippen molar-refractivity contribution in [2.24, 2.45) is 11.7 Å². The van der Waals surface area contributed by atoms with Crippen LogP contribution in [-0.4, -0.2) is 41.4 Å². The van der Waals surface area contributed by atoms with E-state index in [1.54, 1.807) is 16.7 Å². The lowest BCUT2D eigenvalue weighted by molar-refractivity contribution is -0.127. The highest BCUT2D eigenvalue weighted by molar-refractivity contribution is 7.99. The van der Waals surface area contributed by atoms with Crippen LogP contribution in [0.1, 0.15) is 37.3 Å². The number of carbonyl (C=O) groups excluding carboxylic acids is 1. The van der Waals surface area contributed by atoms with E-state index in [0.29, 0.717) is 18.2 Å². The lowest BCUT2D eigenvalue weighted by Gasteiger charge is -2.21. The van der Waals surface area contributed by atoms with Gasteiger partial charge in [0, 0.05) is 31.0 Å². The largest absolute Gasteiger partial charge is 0.361 e. The van der Waals surface area contributed by atoms with Crippen molar-refractivity contribution in [2.45, 2.75) is 45.9 Å². The van der Waals surface area contributed by atoms with Gasteiger partial charge in [0.1, 0.15) is 5.76 Å². The molecule has 0 aromatic carbocycles. The maximum atomic E-state index is 12.0. The van der Waals surface area contributed by atoms with Gasteiger partial charge in [0.15, 0.2) is 0 Å². The highest BCUT2D eigenvalue weighted by Crippen LogP contribution is 2.19. The molecule has 1 rings (SSSR count). The second-order valence-electron chi connectivity index (χ2n) is 5.81. The van der Waals surface area contributed by atoms with E-state index in [-0.39, 0.29) is 11.9 Å². The highest BCUT2D eigenvalue weighted by Gasteiger charge is 2.14. The fraction of sp³-hybridized carbons (Fsp3) is 0.733. The predicted octanol–water partition coefficient (Wildman–Crippen LogP) is 2.36. The summed E-state index contributed by atoms with van der Waals surface area (Å²) in [5.74, 6) is 2.65. The van der Waals surface area contributed by atoms with Gasteiger partial charge in [-0.3, -0.25) is 4.79 Å². The lowest BCUT2D eigenvalue weighted by atomic mass is 10.0. The Hall–Kier alpha value is -1.01. The molecule has 0 bridgehead atoms. The quantitative estimate of drug-likeness (QED) is 0.797. The van der Waals surface area contributed by atoms with Gasteiger partial charge in [-0.15, -0.1) is 11.8 Å². The smallest absolute Gasteiger partial charge is 0.232 e. The summed E-state index contributed by atoms with van der Waals surface area (Å²) >= 11 is 1.59. The number of carbonyl (C=O) groups is 1. The minimum atomic E-state index is 0.141. The molecular weight excluding hydrogens is 286 g/mol. The molecule has 2 N–H and O–H groups in total. The molecule has 21 heavy (non-hydrogen) atoms. The van der Waals surface area contributed by atoms with Crippen LogP contribution >= 0.6 is 11.8 Å². The first kappa shape index (κ1) is 18.0. The molecule has 0 spiro atoms. The van der Waals surface area contributed by atoms with Crippen LogP contribution in [0.2, 0.25) is 0 Å². The molecule has 0 saturated heterocycles. The first-order chi connectivity index (χ1) is 9.82.